The molecule has 2 aromatic carbocycles. The first-order valence-corrected chi connectivity index (χ1v) is 10.6. The Kier molecular flexibility index (Phi) is 5.42. The molecule has 1 aliphatic carbocycles. The minimum Gasteiger partial charge on any atom is -0.326 e. The number of halogens is 4. The minimum atomic E-state index is -5.37. The van der Waals surface area contributed by atoms with Gasteiger partial charge in [0.05, 0.1) is 11.1 Å². The molecule has 2 aliphatic rings. The van der Waals surface area contributed by atoms with Crippen LogP contribution in [0.4, 0.5) is 23.2 Å². The lowest BCUT2D eigenvalue weighted by molar-refractivity contribution is -0.186. The van der Waals surface area contributed by atoms with Crippen LogP contribution >= 0.6 is 0 Å². The van der Waals surface area contributed by atoms with Gasteiger partial charge in [0.2, 0.25) is 5.54 Å². The molecule has 0 radical (unpaired) electrons. The number of aryl methyl sites for hydroxylation is 1. The molecular weight excluding hydrogens is 452 g/mol. The van der Waals surface area contributed by atoms with Crippen molar-refractivity contribution >= 4 is 23.3 Å². The molecule has 1 aliphatic heterocycles. The van der Waals surface area contributed by atoms with E-state index in [1.807, 2.05) is 0 Å². The molecular formula is C25H22F4N2O3. The number of anilines is 1. The van der Waals surface area contributed by atoms with Gasteiger partial charge in [0.25, 0.3) is 11.8 Å². The summed E-state index contributed by atoms with van der Waals surface area (Å²) in [6, 6.07) is 10.7. The van der Waals surface area contributed by atoms with Crippen LogP contribution in [0.5, 0.6) is 0 Å². The van der Waals surface area contributed by atoms with Crippen LogP contribution in [0.2, 0.25) is 0 Å². The molecule has 5 nitrogen and oxygen atoms in total. The van der Waals surface area contributed by atoms with Crippen LogP contribution in [-0.2, 0) is 9.59 Å². The highest BCUT2D eigenvalue weighted by atomic mass is 19.4. The molecule has 4 rings (SSSR count). The zero-order valence-corrected chi connectivity index (χ0v) is 18.7. The normalized spacial score (nSPS) is 22.1. The molecule has 1 atom stereocenters. The molecule has 0 saturated heterocycles. The number of ketones is 1. The van der Waals surface area contributed by atoms with Gasteiger partial charge in [-0.1, -0.05) is 43.7 Å². The van der Waals surface area contributed by atoms with E-state index in [9.17, 15) is 31.9 Å². The summed E-state index contributed by atoms with van der Waals surface area (Å²) in [5.41, 5.74) is -4.98. The maximum Gasteiger partial charge on any atom is 0.425 e. The highest BCUT2D eigenvalue weighted by Crippen LogP contribution is 2.52. The monoisotopic (exact) mass is 474 g/mol. The van der Waals surface area contributed by atoms with Crippen molar-refractivity contribution in [2.75, 3.05) is 4.90 Å². The minimum absolute atomic E-state index is 0.00108. The molecule has 1 heterocycles. The summed E-state index contributed by atoms with van der Waals surface area (Å²) in [4.78, 5) is 40.5. The summed E-state index contributed by atoms with van der Waals surface area (Å²) in [7, 11) is 0. The lowest BCUT2D eigenvalue weighted by atomic mass is 9.72. The van der Waals surface area contributed by atoms with Crippen LogP contribution in [-0.4, -0.2) is 29.3 Å². The summed E-state index contributed by atoms with van der Waals surface area (Å²) in [5, 5.41) is 1.73. The molecule has 2 aromatic rings. The third-order valence-corrected chi connectivity index (χ3v) is 6.16. The van der Waals surface area contributed by atoms with Crippen LogP contribution in [0.3, 0.4) is 0 Å². The van der Waals surface area contributed by atoms with E-state index in [4.69, 9.17) is 0 Å². The third kappa shape index (κ3) is 3.59. The van der Waals surface area contributed by atoms with Crippen LogP contribution in [0.1, 0.15) is 42.6 Å². The maximum absolute atomic E-state index is 14.8. The topological polar surface area (TPSA) is 66.5 Å². The molecule has 0 fully saturated rings. The number of hydrogen-bond donors (Lipinski definition) is 1. The number of nitrogens with zero attached hydrogens (tertiary/aromatic N) is 1. The lowest BCUT2D eigenvalue weighted by Gasteiger charge is -2.35. The average Bonchev–Trinajstić information content (AvgIpc) is 2.96. The van der Waals surface area contributed by atoms with Crippen LogP contribution < -0.4 is 10.2 Å². The first kappa shape index (κ1) is 23.7. The van der Waals surface area contributed by atoms with Crippen LogP contribution in [0.25, 0.3) is 0 Å². The fourth-order valence-electron chi connectivity index (χ4n) is 4.60. The zero-order valence-electron chi connectivity index (χ0n) is 18.7. The van der Waals surface area contributed by atoms with E-state index in [-0.39, 0.29) is 24.2 Å². The SMILES string of the molecule is Cc1ccc(N2C(=O)[C@](NC(=O)c3ccccc3F)(C(F)(F)F)C3=C2CC(C)(C)CC3=O)cc1. The second kappa shape index (κ2) is 7.78. The van der Waals surface area contributed by atoms with Crippen molar-refractivity contribution in [1.82, 2.24) is 5.32 Å². The Morgan fingerprint density at radius 3 is 2.21 bits per heavy atom. The van der Waals surface area contributed by atoms with E-state index in [1.54, 1.807) is 38.2 Å². The summed E-state index contributed by atoms with van der Waals surface area (Å²) in [6.07, 6.45) is -5.61. The van der Waals surface area contributed by atoms with E-state index in [1.165, 1.54) is 24.3 Å². The smallest absolute Gasteiger partial charge is 0.326 e. The highest BCUT2D eigenvalue weighted by molar-refractivity contribution is 6.21. The van der Waals surface area contributed by atoms with Crippen LogP contribution in [0.15, 0.2) is 59.8 Å². The van der Waals surface area contributed by atoms with E-state index in [0.29, 0.717) is 0 Å². The summed E-state index contributed by atoms with van der Waals surface area (Å²) < 4.78 is 58.6. The van der Waals surface area contributed by atoms with Crippen molar-refractivity contribution in [1.29, 1.82) is 0 Å². The quantitative estimate of drug-likeness (QED) is 0.647. The Hall–Kier alpha value is -3.49. The van der Waals surface area contributed by atoms with E-state index in [0.717, 1.165) is 22.6 Å². The van der Waals surface area contributed by atoms with Crippen molar-refractivity contribution < 1.29 is 31.9 Å². The van der Waals surface area contributed by atoms with Crippen molar-refractivity contribution in [2.45, 2.75) is 45.3 Å². The number of nitrogens with one attached hydrogen (secondary N) is 1. The van der Waals surface area contributed by atoms with E-state index >= 15 is 0 Å². The van der Waals surface area contributed by atoms with Gasteiger partial charge in [0.15, 0.2) is 5.78 Å². The Bertz CT molecular complexity index is 1230. The highest BCUT2D eigenvalue weighted by Gasteiger charge is 2.72. The first-order chi connectivity index (χ1) is 15.8. The Morgan fingerprint density at radius 2 is 1.62 bits per heavy atom. The molecule has 2 amide bonds. The van der Waals surface area contributed by atoms with Gasteiger partial charge >= 0.3 is 6.18 Å². The molecule has 34 heavy (non-hydrogen) atoms. The average molecular weight is 474 g/mol. The summed E-state index contributed by atoms with van der Waals surface area (Å²) >= 11 is 0. The number of carbonyl (C=O) groups excluding carboxylic acids is 3. The first-order valence-electron chi connectivity index (χ1n) is 10.6. The predicted molar refractivity (Wildman–Crippen MR) is 116 cm³/mol. The lowest BCUT2D eigenvalue weighted by Crippen LogP contribution is -2.66. The second-order valence-electron chi connectivity index (χ2n) is 9.42. The van der Waals surface area contributed by atoms with Gasteiger partial charge in [-0.2, -0.15) is 13.2 Å². The fraction of sp³-hybridized carbons (Fsp3) is 0.320. The molecule has 0 spiro atoms. The number of allylic oxidation sites excluding steroid dienone is 1. The van der Waals surface area contributed by atoms with E-state index < -0.39 is 51.7 Å². The molecule has 0 aromatic heterocycles. The number of alkyl halides is 3. The molecule has 1 N–H and O–H groups in total. The largest absolute Gasteiger partial charge is 0.425 e. The number of hydrogen-bond acceptors (Lipinski definition) is 3. The number of amides is 2. The van der Waals surface area contributed by atoms with Gasteiger partial charge in [0.1, 0.15) is 5.82 Å². The Labute approximate surface area is 193 Å². The standard InChI is InChI=1S/C25H22F4N2O3/c1-14-8-10-15(11-9-14)31-18-12-23(2,3)13-19(32)20(18)24(22(31)34,25(27,28)29)30-21(33)16-6-4-5-7-17(16)26/h4-11H,12-13H2,1-3H3,(H,30,33)/t24-/m0/s1. The summed E-state index contributed by atoms with van der Waals surface area (Å²) in [6.45, 7) is 5.22. The van der Waals surface area contributed by atoms with Crippen molar-refractivity contribution in [3.05, 3.63) is 76.7 Å². The summed E-state index contributed by atoms with van der Waals surface area (Å²) in [5.74, 6) is -4.91. The van der Waals surface area contributed by atoms with Crippen molar-refractivity contribution in [3.63, 3.8) is 0 Å². The molecule has 178 valence electrons. The third-order valence-electron chi connectivity index (χ3n) is 6.16. The van der Waals surface area contributed by atoms with Gasteiger partial charge in [0, 0.05) is 17.8 Å². The Morgan fingerprint density at radius 1 is 1.00 bits per heavy atom. The zero-order chi connectivity index (χ0) is 25.1. The molecule has 0 saturated carbocycles. The van der Waals surface area contributed by atoms with Gasteiger partial charge in [-0.05, 0) is 43.0 Å². The van der Waals surface area contributed by atoms with Gasteiger partial charge in [-0.15, -0.1) is 0 Å². The maximum atomic E-state index is 14.8. The van der Waals surface area contributed by atoms with Gasteiger partial charge in [-0.25, -0.2) is 4.39 Å². The Balaban J connectivity index is 1.95. The van der Waals surface area contributed by atoms with Gasteiger partial charge in [-0.3, -0.25) is 19.3 Å². The molecule has 0 unspecified atom stereocenters. The number of Topliss-reactive ketones (excluding diaryl/α,β-unsaturated/α-hetero) is 1. The second-order valence-corrected chi connectivity index (χ2v) is 9.42. The predicted octanol–water partition coefficient (Wildman–Crippen LogP) is 4.86. The van der Waals surface area contributed by atoms with Crippen molar-refractivity contribution in [2.24, 2.45) is 5.41 Å². The van der Waals surface area contributed by atoms with E-state index in [2.05, 4.69) is 0 Å². The number of benzene rings is 2. The number of carbonyl (C=O) groups is 3. The van der Waals surface area contributed by atoms with Crippen LogP contribution in [0, 0.1) is 18.2 Å². The molecule has 9 heteroatoms. The fourth-order valence-corrected chi connectivity index (χ4v) is 4.60. The van der Waals surface area contributed by atoms with Crippen molar-refractivity contribution in [3.8, 4) is 0 Å². The van der Waals surface area contributed by atoms with Gasteiger partial charge < -0.3 is 5.32 Å². The molecule has 0 bridgehead atoms. The number of rotatable bonds is 3.